The third-order valence-corrected chi connectivity index (χ3v) is 3.82. The van der Waals surface area contributed by atoms with Crippen LogP contribution in [0.2, 0.25) is 0 Å². The second-order valence-corrected chi connectivity index (χ2v) is 5.64. The highest BCUT2D eigenvalue weighted by Gasteiger charge is 2.09. The molecule has 1 amide bonds. The molecular formula is C20H23NO4. The van der Waals surface area contributed by atoms with Crippen molar-refractivity contribution in [2.45, 2.75) is 19.8 Å². The molecule has 25 heavy (non-hydrogen) atoms. The van der Waals surface area contributed by atoms with Crippen LogP contribution < -0.4 is 10.1 Å². The number of carbonyl (C=O) groups is 2. The lowest BCUT2D eigenvalue weighted by atomic mass is 10.1. The lowest BCUT2D eigenvalue weighted by molar-refractivity contribution is -0.143. The van der Waals surface area contributed by atoms with Gasteiger partial charge in [-0.15, -0.1) is 0 Å². The summed E-state index contributed by atoms with van der Waals surface area (Å²) in [5.74, 6) is 0.299. The number of amides is 1. The summed E-state index contributed by atoms with van der Waals surface area (Å²) in [6.45, 7) is 2.45. The highest BCUT2D eigenvalue weighted by Crippen LogP contribution is 2.11. The number of esters is 1. The summed E-state index contributed by atoms with van der Waals surface area (Å²) in [6.07, 6.45) is 0.797. The van der Waals surface area contributed by atoms with Gasteiger partial charge < -0.3 is 14.8 Å². The van der Waals surface area contributed by atoms with Crippen molar-refractivity contribution in [3.05, 3.63) is 65.2 Å². The van der Waals surface area contributed by atoms with Crippen molar-refractivity contribution >= 4 is 11.9 Å². The standard InChI is InChI=1S/C20H23NO4/c1-15-5-3-4-6-18(15)20(23)21-13-11-19(22)25-14-12-16-7-9-17(24-2)10-8-16/h3-10H,11-14H2,1-2H3,(H,21,23). The molecule has 0 spiro atoms. The number of rotatable bonds is 8. The van der Waals surface area contributed by atoms with Gasteiger partial charge in [0.2, 0.25) is 0 Å². The smallest absolute Gasteiger partial charge is 0.307 e. The zero-order valence-electron chi connectivity index (χ0n) is 14.6. The van der Waals surface area contributed by atoms with Gasteiger partial charge in [0.05, 0.1) is 20.1 Å². The van der Waals surface area contributed by atoms with Crippen LogP contribution in [-0.2, 0) is 16.0 Å². The molecule has 2 aromatic carbocycles. The normalized spacial score (nSPS) is 10.2. The number of hydrogen-bond acceptors (Lipinski definition) is 4. The molecule has 0 atom stereocenters. The van der Waals surface area contributed by atoms with Crippen molar-refractivity contribution in [2.75, 3.05) is 20.3 Å². The van der Waals surface area contributed by atoms with E-state index in [2.05, 4.69) is 5.32 Å². The molecule has 0 aliphatic heterocycles. The Morgan fingerprint density at radius 2 is 1.76 bits per heavy atom. The van der Waals surface area contributed by atoms with Crippen LogP contribution in [0, 0.1) is 6.92 Å². The summed E-state index contributed by atoms with van der Waals surface area (Å²) in [5, 5.41) is 2.74. The van der Waals surface area contributed by atoms with E-state index in [0.29, 0.717) is 18.6 Å². The third kappa shape index (κ3) is 5.95. The molecule has 2 rings (SSSR count). The van der Waals surface area contributed by atoms with Crippen molar-refractivity contribution in [1.29, 1.82) is 0 Å². The molecule has 0 aliphatic carbocycles. The minimum absolute atomic E-state index is 0.153. The Morgan fingerprint density at radius 1 is 1.04 bits per heavy atom. The zero-order valence-corrected chi connectivity index (χ0v) is 14.6. The Bertz CT molecular complexity index is 710. The van der Waals surface area contributed by atoms with Crippen molar-refractivity contribution < 1.29 is 19.1 Å². The van der Waals surface area contributed by atoms with E-state index in [9.17, 15) is 9.59 Å². The van der Waals surface area contributed by atoms with Crippen LogP contribution in [-0.4, -0.2) is 32.1 Å². The third-order valence-electron chi connectivity index (χ3n) is 3.82. The number of carbonyl (C=O) groups excluding carboxylic acids is 2. The summed E-state index contributed by atoms with van der Waals surface area (Å²) >= 11 is 0. The van der Waals surface area contributed by atoms with Crippen LogP contribution >= 0.6 is 0 Å². The average Bonchev–Trinajstić information content (AvgIpc) is 2.62. The summed E-state index contributed by atoms with van der Waals surface area (Å²) < 4.78 is 10.3. The maximum atomic E-state index is 12.0. The Hall–Kier alpha value is -2.82. The number of methoxy groups -OCH3 is 1. The van der Waals surface area contributed by atoms with Crippen LogP contribution in [0.3, 0.4) is 0 Å². The minimum atomic E-state index is -0.321. The fourth-order valence-corrected chi connectivity index (χ4v) is 2.35. The predicted octanol–water partition coefficient (Wildman–Crippen LogP) is 2.91. The lowest BCUT2D eigenvalue weighted by Gasteiger charge is -2.08. The number of hydrogen-bond donors (Lipinski definition) is 1. The summed E-state index contributed by atoms with van der Waals surface area (Å²) in [7, 11) is 1.62. The number of ether oxygens (including phenoxy) is 2. The molecule has 0 fully saturated rings. The van der Waals surface area contributed by atoms with Crippen molar-refractivity contribution in [2.24, 2.45) is 0 Å². The van der Waals surface area contributed by atoms with E-state index in [4.69, 9.17) is 9.47 Å². The largest absolute Gasteiger partial charge is 0.497 e. The van der Waals surface area contributed by atoms with Crippen LogP contribution in [0.4, 0.5) is 0 Å². The Labute approximate surface area is 148 Å². The number of nitrogens with one attached hydrogen (secondary N) is 1. The molecule has 0 aliphatic rings. The quantitative estimate of drug-likeness (QED) is 0.750. The number of aryl methyl sites for hydroxylation is 1. The molecule has 2 aromatic rings. The molecule has 132 valence electrons. The lowest BCUT2D eigenvalue weighted by Crippen LogP contribution is -2.27. The van der Waals surface area contributed by atoms with Crippen molar-refractivity contribution in [3.63, 3.8) is 0 Å². The SMILES string of the molecule is COc1ccc(CCOC(=O)CCNC(=O)c2ccccc2C)cc1. The second kappa shape index (κ2) is 9.47. The Morgan fingerprint density at radius 3 is 2.44 bits per heavy atom. The molecule has 0 saturated carbocycles. The zero-order chi connectivity index (χ0) is 18.1. The van der Waals surface area contributed by atoms with E-state index >= 15 is 0 Å². The molecule has 0 unspecified atom stereocenters. The first kappa shape index (κ1) is 18.5. The van der Waals surface area contributed by atoms with Crippen LogP contribution in [0.5, 0.6) is 5.75 Å². The van der Waals surface area contributed by atoms with Crippen LogP contribution in [0.15, 0.2) is 48.5 Å². The second-order valence-electron chi connectivity index (χ2n) is 5.64. The van der Waals surface area contributed by atoms with E-state index in [-0.39, 0.29) is 24.8 Å². The highest BCUT2D eigenvalue weighted by molar-refractivity contribution is 5.95. The fraction of sp³-hybridized carbons (Fsp3) is 0.300. The fourth-order valence-electron chi connectivity index (χ4n) is 2.35. The van der Waals surface area contributed by atoms with Gasteiger partial charge in [-0.25, -0.2) is 0 Å². The van der Waals surface area contributed by atoms with E-state index in [0.717, 1.165) is 16.9 Å². The molecule has 0 aromatic heterocycles. The predicted molar refractivity (Wildman–Crippen MR) is 95.8 cm³/mol. The molecule has 0 heterocycles. The first-order valence-electron chi connectivity index (χ1n) is 8.22. The van der Waals surface area contributed by atoms with E-state index in [1.165, 1.54) is 0 Å². The maximum Gasteiger partial charge on any atom is 0.307 e. The molecule has 5 heteroatoms. The first-order valence-corrected chi connectivity index (χ1v) is 8.22. The van der Waals surface area contributed by atoms with Crippen LogP contribution in [0.1, 0.15) is 27.9 Å². The van der Waals surface area contributed by atoms with Gasteiger partial charge in [-0.2, -0.15) is 0 Å². The van der Waals surface area contributed by atoms with E-state index in [1.54, 1.807) is 13.2 Å². The molecule has 1 N–H and O–H groups in total. The highest BCUT2D eigenvalue weighted by atomic mass is 16.5. The Kier molecular flexibility index (Phi) is 7.01. The number of benzene rings is 2. The molecule has 0 bridgehead atoms. The van der Waals surface area contributed by atoms with Gasteiger partial charge in [-0.05, 0) is 36.2 Å². The van der Waals surface area contributed by atoms with Gasteiger partial charge in [0, 0.05) is 18.5 Å². The molecular weight excluding hydrogens is 318 g/mol. The minimum Gasteiger partial charge on any atom is -0.497 e. The summed E-state index contributed by atoms with van der Waals surface area (Å²) in [6, 6.07) is 15.0. The van der Waals surface area contributed by atoms with Gasteiger partial charge in [0.15, 0.2) is 0 Å². The molecule has 0 radical (unpaired) electrons. The molecule has 0 saturated heterocycles. The average molecular weight is 341 g/mol. The van der Waals surface area contributed by atoms with Gasteiger partial charge in [-0.3, -0.25) is 9.59 Å². The first-order chi connectivity index (χ1) is 12.1. The maximum absolute atomic E-state index is 12.0. The van der Waals surface area contributed by atoms with E-state index in [1.807, 2.05) is 49.4 Å². The van der Waals surface area contributed by atoms with Gasteiger partial charge in [-0.1, -0.05) is 30.3 Å². The monoisotopic (exact) mass is 341 g/mol. The summed E-state index contributed by atoms with van der Waals surface area (Å²) in [4.78, 5) is 23.7. The van der Waals surface area contributed by atoms with E-state index < -0.39 is 0 Å². The Balaban J connectivity index is 1.65. The van der Waals surface area contributed by atoms with Crippen molar-refractivity contribution in [1.82, 2.24) is 5.32 Å². The topological polar surface area (TPSA) is 64.6 Å². The van der Waals surface area contributed by atoms with Crippen LogP contribution in [0.25, 0.3) is 0 Å². The van der Waals surface area contributed by atoms with Crippen molar-refractivity contribution in [3.8, 4) is 5.75 Å². The molecule has 5 nitrogen and oxygen atoms in total. The van der Waals surface area contributed by atoms with Gasteiger partial charge >= 0.3 is 5.97 Å². The van der Waals surface area contributed by atoms with Gasteiger partial charge in [0.25, 0.3) is 5.91 Å². The van der Waals surface area contributed by atoms with Gasteiger partial charge in [0.1, 0.15) is 5.75 Å². The summed E-state index contributed by atoms with van der Waals surface area (Å²) in [5.41, 5.74) is 2.60.